The minimum Gasteiger partial charge on any atom is -0.356 e. The molecule has 0 radical (unpaired) electrons. The summed E-state index contributed by atoms with van der Waals surface area (Å²) in [4.78, 5) is 6.77. The summed E-state index contributed by atoms with van der Waals surface area (Å²) >= 11 is 5.92. The summed E-state index contributed by atoms with van der Waals surface area (Å²) in [6, 6.07) is 4.54. The lowest BCUT2D eigenvalue weighted by molar-refractivity contribution is 0.469. The van der Waals surface area contributed by atoms with Crippen LogP contribution in [0.2, 0.25) is 5.02 Å². The van der Waals surface area contributed by atoms with Gasteiger partial charge in [-0.2, -0.15) is 0 Å². The van der Waals surface area contributed by atoms with Crippen LogP contribution in [0.1, 0.15) is 43.5 Å². The van der Waals surface area contributed by atoms with Crippen molar-refractivity contribution in [1.29, 1.82) is 0 Å². The van der Waals surface area contributed by atoms with Crippen molar-refractivity contribution in [3.8, 4) is 0 Å². The third-order valence-corrected chi connectivity index (χ3v) is 4.59. The van der Waals surface area contributed by atoms with Crippen LogP contribution in [0.3, 0.4) is 0 Å². The molecule has 2 aromatic rings. The number of hydrogen-bond acceptors (Lipinski definition) is 4. The SMILES string of the molecule is Clc1ccc(N2CCC[C@@H](c3nncn3C3CC3)C2)nc1. The molecule has 1 saturated heterocycles. The fourth-order valence-electron chi connectivity index (χ4n) is 3.13. The highest BCUT2D eigenvalue weighted by molar-refractivity contribution is 6.30. The van der Waals surface area contributed by atoms with Crippen molar-refractivity contribution in [3.05, 3.63) is 35.5 Å². The van der Waals surface area contributed by atoms with Crippen LogP contribution >= 0.6 is 11.6 Å². The Kier molecular flexibility index (Phi) is 3.30. The van der Waals surface area contributed by atoms with E-state index >= 15 is 0 Å². The number of rotatable bonds is 3. The predicted octanol–water partition coefficient (Wildman–Crippen LogP) is 3.05. The molecule has 5 nitrogen and oxygen atoms in total. The van der Waals surface area contributed by atoms with E-state index in [0.29, 0.717) is 17.0 Å². The minimum absolute atomic E-state index is 0.444. The Balaban J connectivity index is 1.54. The lowest BCUT2D eigenvalue weighted by atomic mass is 9.97. The number of piperidine rings is 1. The Morgan fingerprint density at radius 1 is 1.19 bits per heavy atom. The molecule has 0 bridgehead atoms. The first kappa shape index (κ1) is 13.1. The molecule has 3 heterocycles. The zero-order valence-electron chi connectivity index (χ0n) is 11.8. The summed E-state index contributed by atoms with van der Waals surface area (Å²) < 4.78 is 2.28. The van der Waals surface area contributed by atoms with Crippen molar-refractivity contribution in [2.75, 3.05) is 18.0 Å². The van der Waals surface area contributed by atoms with Crippen molar-refractivity contribution in [3.63, 3.8) is 0 Å². The highest BCUT2D eigenvalue weighted by atomic mass is 35.5. The van der Waals surface area contributed by atoms with Crippen molar-refractivity contribution >= 4 is 17.4 Å². The predicted molar refractivity (Wildman–Crippen MR) is 81.7 cm³/mol. The van der Waals surface area contributed by atoms with E-state index in [1.165, 1.54) is 19.3 Å². The van der Waals surface area contributed by atoms with Gasteiger partial charge in [-0.3, -0.25) is 0 Å². The lowest BCUT2D eigenvalue weighted by Crippen LogP contribution is -2.35. The van der Waals surface area contributed by atoms with Crippen molar-refractivity contribution < 1.29 is 0 Å². The van der Waals surface area contributed by atoms with Crippen LogP contribution < -0.4 is 4.90 Å². The molecule has 4 rings (SSSR count). The molecule has 0 amide bonds. The standard InChI is InChI=1S/C15H18ClN5/c16-12-3-6-14(17-8-12)20-7-1-2-11(9-20)15-19-18-10-21(15)13-4-5-13/h3,6,8,10-11,13H,1-2,4-5,7,9H2/t11-/m1/s1. The molecule has 0 spiro atoms. The molecule has 2 aromatic heterocycles. The van der Waals surface area contributed by atoms with Gasteiger partial charge >= 0.3 is 0 Å². The van der Waals surface area contributed by atoms with E-state index in [4.69, 9.17) is 11.6 Å². The van der Waals surface area contributed by atoms with Gasteiger partial charge in [0.1, 0.15) is 18.0 Å². The molecule has 0 aromatic carbocycles. The summed E-state index contributed by atoms with van der Waals surface area (Å²) in [5, 5.41) is 9.20. The Morgan fingerprint density at radius 2 is 2.10 bits per heavy atom. The van der Waals surface area contributed by atoms with E-state index in [2.05, 4.69) is 24.6 Å². The van der Waals surface area contributed by atoms with Crippen LogP contribution in [0.15, 0.2) is 24.7 Å². The molecule has 2 fully saturated rings. The highest BCUT2D eigenvalue weighted by Crippen LogP contribution is 2.38. The number of hydrogen-bond donors (Lipinski definition) is 0. The van der Waals surface area contributed by atoms with Crippen LogP contribution in [-0.2, 0) is 0 Å². The molecule has 110 valence electrons. The summed E-state index contributed by atoms with van der Waals surface area (Å²) in [5.41, 5.74) is 0. The quantitative estimate of drug-likeness (QED) is 0.874. The first-order valence-electron chi connectivity index (χ1n) is 7.57. The third kappa shape index (κ3) is 2.62. The van der Waals surface area contributed by atoms with Gasteiger partial charge in [-0.05, 0) is 37.8 Å². The first-order chi connectivity index (χ1) is 10.3. The average Bonchev–Trinajstić information content (AvgIpc) is 3.25. The molecule has 0 unspecified atom stereocenters. The van der Waals surface area contributed by atoms with E-state index in [1.54, 1.807) is 6.20 Å². The van der Waals surface area contributed by atoms with Crippen LogP contribution in [0.5, 0.6) is 0 Å². The molecule has 6 heteroatoms. The fourth-order valence-corrected chi connectivity index (χ4v) is 3.24. The van der Waals surface area contributed by atoms with E-state index in [9.17, 15) is 0 Å². The number of nitrogens with zero attached hydrogens (tertiary/aromatic N) is 5. The number of halogens is 1. The van der Waals surface area contributed by atoms with Crippen LogP contribution in [0.25, 0.3) is 0 Å². The summed E-state index contributed by atoms with van der Waals surface area (Å²) in [6.07, 6.45) is 8.47. The van der Waals surface area contributed by atoms with E-state index in [1.807, 2.05) is 18.5 Å². The first-order valence-corrected chi connectivity index (χ1v) is 7.95. The van der Waals surface area contributed by atoms with Gasteiger partial charge in [-0.15, -0.1) is 10.2 Å². The monoisotopic (exact) mass is 303 g/mol. The zero-order valence-corrected chi connectivity index (χ0v) is 12.6. The van der Waals surface area contributed by atoms with Gasteiger partial charge in [-0.25, -0.2) is 4.98 Å². The molecular formula is C15H18ClN5. The number of aromatic nitrogens is 4. The minimum atomic E-state index is 0.444. The second kappa shape index (κ2) is 5.30. The third-order valence-electron chi connectivity index (χ3n) is 4.36. The maximum atomic E-state index is 5.92. The summed E-state index contributed by atoms with van der Waals surface area (Å²) in [6.45, 7) is 2.00. The Hall–Kier alpha value is -1.62. The van der Waals surface area contributed by atoms with Crippen LogP contribution in [0.4, 0.5) is 5.82 Å². The van der Waals surface area contributed by atoms with Crippen molar-refractivity contribution in [2.24, 2.45) is 0 Å². The van der Waals surface area contributed by atoms with Gasteiger partial charge in [-0.1, -0.05) is 11.6 Å². The molecule has 1 aliphatic carbocycles. The molecule has 1 aliphatic heterocycles. The molecule has 0 N–H and O–H groups in total. The second-order valence-corrected chi connectivity index (χ2v) is 6.38. The number of pyridine rings is 1. The highest BCUT2D eigenvalue weighted by Gasteiger charge is 2.31. The molecule has 1 atom stereocenters. The Bertz CT molecular complexity index is 619. The Labute approximate surface area is 129 Å². The van der Waals surface area contributed by atoms with Gasteiger partial charge in [0.05, 0.1) is 5.02 Å². The van der Waals surface area contributed by atoms with Crippen LogP contribution in [0, 0.1) is 0 Å². The average molecular weight is 304 g/mol. The van der Waals surface area contributed by atoms with E-state index < -0.39 is 0 Å². The zero-order chi connectivity index (χ0) is 14.2. The maximum Gasteiger partial charge on any atom is 0.137 e. The lowest BCUT2D eigenvalue weighted by Gasteiger charge is -2.33. The summed E-state index contributed by atoms with van der Waals surface area (Å²) in [7, 11) is 0. The van der Waals surface area contributed by atoms with E-state index in [0.717, 1.165) is 31.2 Å². The van der Waals surface area contributed by atoms with Crippen molar-refractivity contribution in [1.82, 2.24) is 19.7 Å². The smallest absolute Gasteiger partial charge is 0.137 e. The van der Waals surface area contributed by atoms with Gasteiger partial charge in [0, 0.05) is 31.2 Å². The largest absolute Gasteiger partial charge is 0.356 e. The maximum absolute atomic E-state index is 5.92. The van der Waals surface area contributed by atoms with Gasteiger partial charge < -0.3 is 9.47 Å². The fraction of sp³-hybridized carbons (Fsp3) is 0.533. The number of anilines is 1. The normalized spacial score (nSPS) is 22.5. The van der Waals surface area contributed by atoms with Gasteiger partial charge in [0.15, 0.2) is 0 Å². The molecular weight excluding hydrogens is 286 g/mol. The van der Waals surface area contributed by atoms with Gasteiger partial charge in [0.2, 0.25) is 0 Å². The van der Waals surface area contributed by atoms with E-state index in [-0.39, 0.29) is 0 Å². The Morgan fingerprint density at radius 3 is 2.86 bits per heavy atom. The molecule has 21 heavy (non-hydrogen) atoms. The second-order valence-electron chi connectivity index (χ2n) is 5.95. The van der Waals surface area contributed by atoms with Crippen LogP contribution in [-0.4, -0.2) is 32.8 Å². The summed E-state index contributed by atoms with van der Waals surface area (Å²) in [5.74, 6) is 2.59. The van der Waals surface area contributed by atoms with Gasteiger partial charge in [0.25, 0.3) is 0 Å². The topological polar surface area (TPSA) is 46.8 Å². The molecule has 2 aliphatic rings. The molecule has 1 saturated carbocycles. The van der Waals surface area contributed by atoms with Crippen molar-refractivity contribution in [2.45, 2.75) is 37.6 Å².